The maximum atomic E-state index is 12.2. The highest BCUT2D eigenvalue weighted by atomic mass is 16.5. The zero-order chi connectivity index (χ0) is 15.3. The fourth-order valence-electron chi connectivity index (χ4n) is 3.33. The number of carbonyl (C=O) groups is 2. The number of urea groups is 1. The fraction of sp³-hybridized carbons (Fsp3) is 0.867. The zero-order valence-electron chi connectivity index (χ0n) is 12.8. The smallest absolute Gasteiger partial charge is 0.317 e. The van der Waals surface area contributed by atoms with Crippen molar-refractivity contribution >= 4 is 12.0 Å². The number of carboxylic acids is 1. The molecule has 0 unspecified atom stereocenters. The van der Waals surface area contributed by atoms with Crippen molar-refractivity contribution in [3.63, 3.8) is 0 Å². The molecule has 1 heterocycles. The monoisotopic (exact) mass is 298 g/mol. The highest BCUT2D eigenvalue weighted by molar-refractivity contribution is 5.75. The lowest BCUT2D eigenvalue weighted by Crippen LogP contribution is -2.51. The summed E-state index contributed by atoms with van der Waals surface area (Å²) in [6, 6.07) is -0.0964. The van der Waals surface area contributed by atoms with Crippen LogP contribution in [0.5, 0.6) is 0 Å². The first-order chi connectivity index (χ1) is 10.1. The van der Waals surface area contributed by atoms with Crippen LogP contribution in [-0.2, 0) is 9.53 Å². The number of hydrogen-bond acceptors (Lipinski definition) is 3. The average molecular weight is 298 g/mol. The van der Waals surface area contributed by atoms with Gasteiger partial charge < -0.3 is 20.1 Å². The number of nitrogens with zero attached hydrogens (tertiary/aromatic N) is 1. The first-order valence-corrected chi connectivity index (χ1v) is 7.87. The molecule has 6 nitrogen and oxygen atoms in total. The van der Waals surface area contributed by atoms with Crippen molar-refractivity contribution < 1.29 is 19.4 Å². The Morgan fingerprint density at radius 2 is 1.86 bits per heavy atom. The van der Waals surface area contributed by atoms with E-state index in [1.807, 2.05) is 0 Å². The van der Waals surface area contributed by atoms with Gasteiger partial charge in [0, 0.05) is 26.7 Å². The third-order valence-electron chi connectivity index (χ3n) is 4.89. The normalized spacial score (nSPS) is 22.8. The second-order valence-electron chi connectivity index (χ2n) is 6.21. The van der Waals surface area contributed by atoms with Crippen LogP contribution in [0.15, 0.2) is 0 Å². The van der Waals surface area contributed by atoms with Crippen molar-refractivity contribution in [1.29, 1.82) is 0 Å². The molecule has 0 atom stereocenters. The topological polar surface area (TPSA) is 78.9 Å². The van der Waals surface area contributed by atoms with Crippen LogP contribution in [0, 0.1) is 5.92 Å². The number of amides is 2. The number of hydrogen-bond donors (Lipinski definition) is 2. The van der Waals surface area contributed by atoms with Crippen LogP contribution in [0.2, 0.25) is 0 Å². The molecule has 2 N–H and O–H groups in total. The quantitative estimate of drug-likeness (QED) is 0.830. The number of carbonyl (C=O) groups excluding carboxylic acids is 1. The number of piperidine rings is 1. The summed E-state index contributed by atoms with van der Waals surface area (Å²) in [5.41, 5.74) is -0.215. The molecule has 1 aliphatic carbocycles. The molecule has 21 heavy (non-hydrogen) atoms. The molecule has 2 amide bonds. The molecule has 6 heteroatoms. The summed E-state index contributed by atoms with van der Waals surface area (Å²) in [6.45, 7) is 1.58. The number of methoxy groups -OCH3 is 1. The maximum Gasteiger partial charge on any atom is 0.317 e. The van der Waals surface area contributed by atoms with Crippen LogP contribution in [0.1, 0.15) is 44.9 Å². The third kappa shape index (κ3) is 4.09. The standard InChI is InChI=1S/C15H26N2O4/c1-21-15(7-3-2-4-8-15)11-16-14(20)17-9-5-12(6-10-17)13(18)19/h12H,2-11H2,1H3,(H,16,20)(H,18,19). The summed E-state index contributed by atoms with van der Waals surface area (Å²) >= 11 is 0. The van der Waals surface area contributed by atoms with Crippen LogP contribution in [0.4, 0.5) is 4.79 Å². The Morgan fingerprint density at radius 3 is 2.38 bits per heavy atom. The van der Waals surface area contributed by atoms with Crippen molar-refractivity contribution in [2.75, 3.05) is 26.7 Å². The lowest BCUT2D eigenvalue weighted by molar-refractivity contribution is -0.143. The van der Waals surface area contributed by atoms with Crippen LogP contribution in [-0.4, -0.2) is 54.4 Å². The van der Waals surface area contributed by atoms with Gasteiger partial charge in [0.2, 0.25) is 0 Å². The lowest BCUT2D eigenvalue weighted by Gasteiger charge is -2.37. The Morgan fingerprint density at radius 1 is 1.24 bits per heavy atom. The summed E-state index contributed by atoms with van der Waals surface area (Å²) < 4.78 is 5.65. The van der Waals surface area contributed by atoms with E-state index in [1.165, 1.54) is 6.42 Å². The fourth-order valence-corrected chi connectivity index (χ4v) is 3.33. The van der Waals surface area contributed by atoms with E-state index in [2.05, 4.69) is 5.32 Å². The van der Waals surface area contributed by atoms with Gasteiger partial charge in [0.15, 0.2) is 0 Å². The summed E-state index contributed by atoms with van der Waals surface area (Å²) in [7, 11) is 1.72. The minimum atomic E-state index is -0.754. The molecule has 0 radical (unpaired) electrons. The van der Waals surface area contributed by atoms with Crippen LogP contribution < -0.4 is 5.32 Å². The number of carboxylic acid groups (broad SMARTS) is 1. The summed E-state index contributed by atoms with van der Waals surface area (Å²) in [5, 5.41) is 11.9. The van der Waals surface area contributed by atoms with Gasteiger partial charge in [0.05, 0.1) is 11.5 Å². The van der Waals surface area contributed by atoms with Crippen molar-refractivity contribution in [3.05, 3.63) is 0 Å². The highest BCUT2D eigenvalue weighted by Gasteiger charge is 2.33. The van der Waals surface area contributed by atoms with Gasteiger partial charge in [0.25, 0.3) is 0 Å². The van der Waals surface area contributed by atoms with Gasteiger partial charge in [-0.2, -0.15) is 0 Å². The predicted octanol–water partition coefficient (Wildman–Crippen LogP) is 1.84. The van der Waals surface area contributed by atoms with Crippen LogP contribution in [0.25, 0.3) is 0 Å². The minimum Gasteiger partial charge on any atom is -0.481 e. The number of likely N-dealkylation sites (tertiary alicyclic amines) is 1. The first kappa shape index (κ1) is 16.1. The molecule has 0 aromatic heterocycles. The van der Waals surface area contributed by atoms with E-state index in [9.17, 15) is 9.59 Å². The number of nitrogens with one attached hydrogen (secondary N) is 1. The molecular formula is C15H26N2O4. The molecule has 2 aliphatic rings. The van der Waals surface area contributed by atoms with Crippen LogP contribution >= 0.6 is 0 Å². The van der Waals surface area contributed by atoms with Crippen molar-refractivity contribution in [1.82, 2.24) is 10.2 Å². The van der Waals surface area contributed by atoms with E-state index >= 15 is 0 Å². The molecule has 1 saturated carbocycles. The van der Waals surface area contributed by atoms with E-state index in [0.717, 1.165) is 25.7 Å². The summed E-state index contributed by atoms with van der Waals surface area (Å²) in [4.78, 5) is 24.8. The van der Waals surface area contributed by atoms with Gasteiger partial charge >= 0.3 is 12.0 Å². The van der Waals surface area contributed by atoms with Gasteiger partial charge in [-0.05, 0) is 25.7 Å². The molecule has 0 bridgehead atoms. The Kier molecular flexibility index (Phi) is 5.45. The maximum absolute atomic E-state index is 12.2. The van der Waals surface area contributed by atoms with Crippen LogP contribution in [0.3, 0.4) is 0 Å². The molecule has 120 valence electrons. The van der Waals surface area contributed by atoms with E-state index < -0.39 is 5.97 Å². The van der Waals surface area contributed by atoms with Crippen molar-refractivity contribution in [2.24, 2.45) is 5.92 Å². The van der Waals surface area contributed by atoms with Gasteiger partial charge in [-0.15, -0.1) is 0 Å². The molecule has 1 saturated heterocycles. The lowest BCUT2D eigenvalue weighted by atomic mass is 9.84. The Hall–Kier alpha value is -1.30. The molecule has 2 rings (SSSR count). The van der Waals surface area contributed by atoms with E-state index in [0.29, 0.717) is 32.5 Å². The summed E-state index contributed by atoms with van der Waals surface area (Å²) in [5.74, 6) is -1.06. The molecular weight excluding hydrogens is 272 g/mol. The van der Waals surface area contributed by atoms with Gasteiger partial charge in [-0.25, -0.2) is 4.79 Å². The third-order valence-corrected chi connectivity index (χ3v) is 4.89. The number of ether oxygens (including phenoxy) is 1. The van der Waals surface area contributed by atoms with Crippen molar-refractivity contribution in [3.8, 4) is 0 Å². The second-order valence-corrected chi connectivity index (χ2v) is 6.21. The molecule has 1 aliphatic heterocycles. The summed E-state index contributed by atoms with van der Waals surface area (Å²) in [6.07, 6.45) is 6.59. The highest BCUT2D eigenvalue weighted by Crippen LogP contribution is 2.30. The van der Waals surface area contributed by atoms with Gasteiger partial charge in [0.1, 0.15) is 0 Å². The number of rotatable bonds is 4. The largest absolute Gasteiger partial charge is 0.481 e. The Bertz CT molecular complexity index is 372. The molecule has 2 fully saturated rings. The van der Waals surface area contributed by atoms with E-state index in [1.54, 1.807) is 12.0 Å². The number of aliphatic carboxylic acids is 1. The van der Waals surface area contributed by atoms with E-state index in [-0.39, 0.29) is 17.6 Å². The van der Waals surface area contributed by atoms with Gasteiger partial charge in [-0.3, -0.25) is 4.79 Å². The Balaban J connectivity index is 1.78. The van der Waals surface area contributed by atoms with Gasteiger partial charge in [-0.1, -0.05) is 19.3 Å². The van der Waals surface area contributed by atoms with Crippen molar-refractivity contribution in [2.45, 2.75) is 50.5 Å². The molecule has 0 aromatic rings. The van der Waals surface area contributed by atoms with E-state index in [4.69, 9.17) is 9.84 Å². The zero-order valence-corrected chi connectivity index (χ0v) is 12.8. The SMILES string of the molecule is COC1(CNC(=O)N2CCC(C(=O)O)CC2)CCCCC1. The predicted molar refractivity (Wildman–Crippen MR) is 78.2 cm³/mol. The second kappa shape index (κ2) is 7.11. The minimum absolute atomic E-state index is 0.0964. The molecule has 0 spiro atoms. The average Bonchev–Trinajstić information content (AvgIpc) is 2.53. The first-order valence-electron chi connectivity index (χ1n) is 7.87. The molecule has 0 aromatic carbocycles. The Labute approximate surface area is 125 Å².